The first kappa shape index (κ1) is 54.1. The van der Waals surface area contributed by atoms with Crippen molar-refractivity contribution in [1.82, 2.24) is 5.32 Å². The zero-order valence-electron chi connectivity index (χ0n) is 39.8. The molecule has 0 radical (unpaired) electrons. The van der Waals surface area contributed by atoms with Gasteiger partial charge in [-0.2, -0.15) is 0 Å². The lowest BCUT2D eigenvalue weighted by atomic mass is 9.81. The SMILES string of the molecule is C=C(/C=C\C=C/C)P(=O)(C(=O)C1=C(C)C=C(C)C(NC(=O)/C=C/C(=O)OCCCCOC(=O)/C=C/C(=O)Nc2c(C)cc(C)c(C(=O)P(=O)(OCC)c3ccccc3)c2C)C1C)c1ccccc1. The number of rotatable bonds is 22. The summed E-state index contributed by atoms with van der Waals surface area (Å²) in [5.74, 6) is -3.39. The molecule has 0 fully saturated rings. The van der Waals surface area contributed by atoms with Crippen LogP contribution in [0.1, 0.15) is 74.5 Å². The first-order chi connectivity index (χ1) is 32.3. The number of allylic oxidation sites excluding steroid dienone is 7. The zero-order valence-corrected chi connectivity index (χ0v) is 41.6. The van der Waals surface area contributed by atoms with Crippen LogP contribution < -0.4 is 21.2 Å². The molecule has 3 aromatic rings. The van der Waals surface area contributed by atoms with Crippen molar-refractivity contribution >= 4 is 65.6 Å². The maximum Gasteiger partial charge on any atom is 0.330 e. The normalized spacial score (nSPS) is 16.9. The van der Waals surface area contributed by atoms with E-state index in [1.165, 1.54) is 0 Å². The van der Waals surface area contributed by atoms with Gasteiger partial charge in [-0.3, -0.25) is 23.7 Å². The minimum absolute atomic E-state index is 0.0283. The Bertz CT molecular complexity index is 2710. The number of ether oxygens (including phenoxy) is 2. The number of nitrogens with one attached hydrogen (secondary N) is 2. The summed E-state index contributed by atoms with van der Waals surface area (Å²) in [4.78, 5) is 79.1. The summed E-state index contributed by atoms with van der Waals surface area (Å²) in [7, 11) is -7.88. The summed E-state index contributed by atoms with van der Waals surface area (Å²) in [6, 6.07) is 17.8. The van der Waals surface area contributed by atoms with E-state index >= 15 is 0 Å². The highest BCUT2D eigenvalue weighted by molar-refractivity contribution is 7.91. The maximum atomic E-state index is 14.8. The van der Waals surface area contributed by atoms with E-state index in [9.17, 15) is 37.9 Å². The van der Waals surface area contributed by atoms with Gasteiger partial charge in [0.1, 0.15) is 0 Å². The first-order valence-electron chi connectivity index (χ1n) is 22.2. The lowest BCUT2D eigenvalue weighted by Crippen LogP contribution is -2.43. The molecule has 2 amide bonds. The van der Waals surface area contributed by atoms with Crippen LogP contribution in [0.3, 0.4) is 0 Å². The second-order valence-corrected chi connectivity index (χ2v) is 21.1. The standard InChI is InChI=1S/C53H60N2O11P2/c1-10-12-15-22-39(7)67(62,42-23-16-13-17-24-42)52(60)48-35(3)33-37(5)50(40(48)8)54-44(56)27-29-46(58)64-31-20-21-32-65-47(59)30-28-45(57)55-51-38(6)34-36(4)49(41(51)9)53(61)68(63,66-11-2)43-25-18-14-19-26-43/h10,12-19,22-30,33-34,40,50H,7,11,20-21,31-32H2,1-6,8-9H3,(H,54,56)(H,55,57)/b12-10-,22-15-,29-27+,30-28+. The number of hydrogen-bond donors (Lipinski definition) is 2. The Morgan fingerprint density at radius 1 is 0.721 bits per heavy atom. The van der Waals surface area contributed by atoms with Gasteiger partial charge in [-0.05, 0) is 95.7 Å². The summed E-state index contributed by atoms with van der Waals surface area (Å²) in [6.45, 7) is 18.0. The first-order valence-corrected chi connectivity index (χ1v) is 25.5. The molecule has 0 bridgehead atoms. The Hall–Kier alpha value is -6.52. The van der Waals surface area contributed by atoms with Crippen molar-refractivity contribution in [2.24, 2.45) is 5.92 Å². The van der Waals surface area contributed by atoms with Gasteiger partial charge in [0, 0.05) is 63.0 Å². The van der Waals surface area contributed by atoms with Crippen LogP contribution in [0.2, 0.25) is 0 Å². The van der Waals surface area contributed by atoms with E-state index in [-0.39, 0.29) is 36.0 Å². The van der Waals surface area contributed by atoms with Crippen LogP contribution in [-0.4, -0.2) is 60.7 Å². The van der Waals surface area contributed by atoms with Gasteiger partial charge in [0.15, 0.2) is 0 Å². The molecule has 0 aromatic heterocycles. The van der Waals surface area contributed by atoms with Crippen LogP contribution in [0.25, 0.3) is 0 Å². The Kier molecular flexibility index (Phi) is 19.9. The van der Waals surface area contributed by atoms with Gasteiger partial charge in [0.25, 0.3) is 5.52 Å². The number of carbonyl (C=O) groups excluding carboxylic acids is 6. The number of hydrogen-bond acceptors (Lipinski definition) is 11. The van der Waals surface area contributed by atoms with Crippen LogP contribution in [0.15, 0.2) is 150 Å². The highest BCUT2D eigenvalue weighted by atomic mass is 31.2. The number of carbonyl (C=O) groups is 6. The Morgan fingerprint density at radius 3 is 1.84 bits per heavy atom. The second kappa shape index (κ2) is 25.0. The Labute approximate surface area is 399 Å². The average molecular weight is 963 g/mol. The third-order valence-corrected chi connectivity index (χ3v) is 16.3. The highest BCUT2D eigenvalue weighted by Gasteiger charge is 2.43. The third-order valence-electron chi connectivity index (χ3n) is 11.1. The minimum atomic E-state index is -3.98. The fraction of sp³-hybridized carbons (Fsp3) is 0.283. The molecule has 4 atom stereocenters. The van der Waals surface area contributed by atoms with E-state index in [4.69, 9.17) is 14.0 Å². The molecular weight excluding hydrogens is 903 g/mol. The lowest BCUT2D eigenvalue weighted by Gasteiger charge is -2.33. The molecule has 0 heterocycles. The summed E-state index contributed by atoms with van der Waals surface area (Å²) in [6.07, 6.45) is 13.2. The molecule has 358 valence electrons. The fourth-order valence-electron chi connectivity index (χ4n) is 7.85. The van der Waals surface area contributed by atoms with E-state index in [2.05, 4.69) is 17.2 Å². The van der Waals surface area contributed by atoms with Crippen molar-refractivity contribution in [3.8, 4) is 0 Å². The van der Waals surface area contributed by atoms with E-state index in [0.717, 1.165) is 29.9 Å². The van der Waals surface area contributed by atoms with Crippen molar-refractivity contribution < 1.29 is 51.9 Å². The maximum absolute atomic E-state index is 14.8. The topological polar surface area (TPSA) is 188 Å². The summed E-state index contributed by atoms with van der Waals surface area (Å²) >= 11 is 0. The molecule has 1 aliphatic carbocycles. The number of unbranched alkanes of at least 4 members (excludes halogenated alkanes) is 1. The van der Waals surface area contributed by atoms with Crippen LogP contribution >= 0.6 is 14.5 Å². The monoisotopic (exact) mass is 962 g/mol. The van der Waals surface area contributed by atoms with Crippen LogP contribution in [0, 0.1) is 26.7 Å². The number of benzene rings is 3. The van der Waals surface area contributed by atoms with Crippen molar-refractivity contribution in [1.29, 1.82) is 0 Å². The third kappa shape index (κ3) is 13.3. The molecule has 4 rings (SSSR count). The molecular formula is C53H60N2O11P2. The van der Waals surface area contributed by atoms with Gasteiger partial charge >= 0.3 is 19.3 Å². The van der Waals surface area contributed by atoms with Gasteiger partial charge < -0.3 is 29.2 Å². The number of anilines is 1. The van der Waals surface area contributed by atoms with Crippen LogP contribution in [-0.2, 0) is 47.1 Å². The fourth-order valence-corrected chi connectivity index (χ4v) is 12.3. The highest BCUT2D eigenvalue weighted by Crippen LogP contribution is 2.57. The molecule has 0 spiro atoms. The van der Waals surface area contributed by atoms with Gasteiger partial charge in [-0.1, -0.05) is 104 Å². The average Bonchev–Trinajstić information content (AvgIpc) is 3.31. The second-order valence-electron chi connectivity index (χ2n) is 16.1. The summed E-state index contributed by atoms with van der Waals surface area (Å²) < 4.78 is 44.8. The molecule has 4 unspecified atom stereocenters. The molecule has 0 saturated carbocycles. The van der Waals surface area contributed by atoms with Crippen LogP contribution in [0.4, 0.5) is 5.69 Å². The largest absolute Gasteiger partial charge is 0.463 e. The summed E-state index contributed by atoms with van der Waals surface area (Å²) in [5, 5.41) is 6.38. The van der Waals surface area contributed by atoms with Gasteiger partial charge in [-0.15, -0.1) is 0 Å². The van der Waals surface area contributed by atoms with Gasteiger partial charge in [0.05, 0.1) is 25.9 Å². The van der Waals surface area contributed by atoms with Crippen molar-refractivity contribution in [2.75, 3.05) is 25.1 Å². The van der Waals surface area contributed by atoms with E-state index in [1.807, 2.05) is 13.8 Å². The molecule has 1 aliphatic rings. The predicted octanol–water partition coefficient (Wildman–Crippen LogP) is 9.57. The minimum Gasteiger partial charge on any atom is -0.463 e. The number of amides is 2. The molecule has 68 heavy (non-hydrogen) atoms. The lowest BCUT2D eigenvalue weighted by molar-refractivity contribution is -0.140. The van der Waals surface area contributed by atoms with Crippen molar-refractivity contribution in [3.05, 3.63) is 172 Å². The smallest absolute Gasteiger partial charge is 0.330 e. The Morgan fingerprint density at radius 2 is 1.28 bits per heavy atom. The van der Waals surface area contributed by atoms with Crippen molar-refractivity contribution in [3.63, 3.8) is 0 Å². The molecule has 13 nitrogen and oxygen atoms in total. The molecule has 0 aliphatic heterocycles. The molecule has 3 aromatic carbocycles. The van der Waals surface area contributed by atoms with Crippen molar-refractivity contribution in [2.45, 2.75) is 74.3 Å². The molecule has 15 heteroatoms. The van der Waals surface area contributed by atoms with Gasteiger partial charge in [-0.25, -0.2) is 9.59 Å². The Balaban J connectivity index is 1.26. The van der Waals surface area contributed by atoms with E-state index in [1.54, 1.807) is 139 Å². The zero-order chi connectivity index (χ0) is 50.2. The van der Waals surface area contributed by atoms with Crippen LogP contribution in [0.5, 0.6) is 0 Å². The molecule has 2 N–H and O–H groups in total. The predicted molar refractivity (Wildman–Crippen MR) is 268 cm³/mol. The van der Waals surface area contributed by atoms with E-state index < -0.39 is 61.3 Å². The number of esters is 2. The van der Waals surface area contributed by atoms with Gasteiger partial charge in [0.2, 0.25) is 24.5 Å². The quantitative estimate of drug-likeness (QED) is 0.0321. The summed E-state index contributed by atoms with van der Waals surface area (Å²) in [5.41, 5.74) is 2.57. The number of aryl methyl sites for hydroxylation is 2. The molecule has 0 saturated heterocycles. The van der Waals surface area contributed by atoms with E-state index in [0.29, 0.717) is 51.7 Å².